The van der Waals surface area contributed by atoms with Crippen LogP contribution in [0.1, 0.15) is 21.6 Å². The minimum atomic E-state index is 0.0111. The highest BCUT2D eigenvalue weighted by Crippen LogP contribution is 2.34. The lowest BCUT2D eigenvalue weighted by Gasteiger charge is -1.90. The summed E-state index contributed by atoms with van der Waals surface area (Å²) < 4.78 is 0.738. The van der Waals surface area contributed by atoms with Crippen molar-refractivity contribution in [1.29, 1.82) is 0 Å². The number of carbonyl (C=O) groups is 1. The molecule has 0 spiro atoms. The smallest absolute Gasteiger partial charge is 0.188 e. The summed E-state index contributed by atoms with van der Waals surface area (Å²) >= 11 is 8.77. The van der Waals surface area contributed by atoms with Gasteiger partial charge in [0.05, 0.1) is 14.9 Å². The molecule has 2 rings (SSSR count). The van der Waals surface area contributed by atoms with E-state index in [1.165, 1.54) is 29.6 Å². The third kappa shape index (κ3) is 2.12. The van der Waals surface area contributed by atoms with E-state index >= 15 is 0 Å². The van der Waals surface area contributed by atoms with Gasteiger partial charge in [-0.3, -0.25) is 4.79 Å². The average molecular weight is 258 g/mol. The van der Waals surface area contributed by atoms with Crippen molar-refractivity contribution in [3.8, 4) is 10.6 Å². The normalized spacial score (nSPS) is 10.6. The molecule has 78 valence electrons. The lowest BCUT2D eigenvalue weighted by molar-refractivity contribution is 0.101. The van der Waals surface area contributed by atoms with Gasteiger partial charge in [0.2, 0.25) is 0 Å². The fourth-order valence-corrected chi connectivity index (χ4v) is 3.19. The summed E-state index contributed by atoms with van der Waals surface area (Å²) in [6.07, 6.45) is 0. The van der Waals surface area contributed by atoms with Crippen molar-refractivity contribution in [2.24, 2.45) is 0 Å². The zero-order valence-corrected chi connectivity index (χ0v) is 10.6. The molecule has 2 aromatic rings. The van der Waals surface area contributed by atoms with E-state index in [1.807, 2.05) is 19.1 Å². The Hall–Kier alpha value is -0.710. The summed E-state index contributed by atoms with van der Waals surface area (Å²) in [5.41, 5.74) is 0.877. The van der Waals surface area contributed by atoms with E-state index in [-0.39, 0.29) is 5.78 Å². The molecule has 0 N–H and O–H groups in total. The highest BCUT2D eigenvalue weighted by molar-refractivity contribution is 7.20. The van der Waals surface area contributed by atoms with E-state index in [4.69, 9.17) is 11.6 Å². The molecule has 0 aliphatic rings. The molecule has 0 bridgehead atoms. The third-order valence-electron chi connectivity index (χ3n) is 1.90. The Balaban J connectivity index is 2.49. The molecule has 0 aromatic carbocycles. The molecular formula is C10H8ClNOS2. The maximum absolute atomic E-state index is 11.2. The first-order valence-corrected chi connectivity index (χ1v) is 6.33. The number of ketones is 1. The van der Waals surface area contributed by atoms with Crippen LogP contribution in [0.5, 0.6) is 0 Å². The van der Waals surface area contributed by atoms with E-state index in [0.29, 0.717) is 5.01 Å². The van der Waals surface area contributed by atoms with Gasteiger partial charge in [-0.1, -0.05) is 11.6 Å². The number of thiazole rings is 1. The molecule has 2 heterocycles. The van der Waals surface area contributed by atoms with Crippen molar-refractivity contribution in [3.63, 3.8) is 0 Å². The molecule has 2 aromatic heterocycles. The van der Waals surface area contributed by atoms with Gasteiger partial charge in [0.15, 0.2) is 10.8 Å². The van der Waals surface area contributed by atoms with Gasteiger partial charge in [0.1, 0.15) is 0 Å². The van der Waals surface area contributed by atoms with Crippen LogP contribution in [0.25, 0.3) is 10.6 Å². The molecular weight excluding hydrogens is 250 g/mol. The number of halogens is 1. The second-order valence-corrected chi connectivity index (χ2v) is 6.00. The van der Waals surface area contributed by atoms with Crippen LogP contribution in [0, 0.1) is 6.92 Å². The SMILES string of the molecule is CC(=O)c1nc(-c2ccc(Cl)s2)c(C)s1. The molecule has 0 unspecified atom stereocenters. The standard InChI is InChI=1S/C10H8ClNOS2/c1-5(13)10-12-9(6(2)14-10)7-3-4-8(11)15-7/h3-4H,1-2H3. The number of Topliss-reactive ketones (excluding diaryl/α,β-unsaturated/α-hetero) is 1. The number of thiophene rings is 1. The summed E-state index contributed by atoms with van der Waals surface area (Å²) in [5.74, 6) is 0.0111. The van der Waals surface area contributed by atoms with Crippen LogP contribution in [-0.2, 0) is 0 Å². The van der Waals surface area contributed by atoms with Crippen LogP contribution in [-0.4, -0.2) is 10.8 Å². The Labute approximate surface area is 101 Å². The number of hydrogen-bond acceptors (Lipinski definition) is 4. The Morgan fingerprint density at radius 3 is 2.60 bits per heavy atom. The molecule has 15 heavy (non-hydrogen) atoms. The molecule has 5 heteroatoms. The number of carbonyl (C=O) groups excluding carboxylic acids is 1. The largest absolute Gasteiger partial charge is 0.292 e. The van der Waals surface area contributed by atoms with Gasteiger partial charge in [0, 0.05) is 11.8 Å². The molecule has 0 saturated heterocycles. The minimum Gasteiger partial charge on any atom is -0.292 e. The molecule has 0 atom stereocenters. The molecule has 0 saturated carbocycles. The Morgan fingerprint density at radius 2 is 2.13 bits per heavy atom. The van der Waals surface area contributed by atoms with Crippen LogP contribution in [0.4, 0.5) is 0 Å². The Bertz CT molecular complexity index is 515. The van der Waals surface area contributed by atoms with Crippen molar-refractivity contribution in [2.45, 2.75) is 13.8 Å². The molecule has 2 nitrogen and oxygen atoms in total. The molecule has 0 aliphatic carbocycles. The first-order valence-electron chi connectivity index (χ1n) is 4.32. The van der Waals surface area contributed by atoms with Gasteiger partial charge in [-0.05, 0) is 19.1 Å². The van der Waals surface area contributed by atoms with E-state index in [0.717, 1.165) is 19.8 Å². The van der Waals surface area contributed by atoms with Gasteiger partial charge in [-0.15, -0.1) is 22.7 Å². The first kappa shape index (κ1) is 10.8. The maximum atomic E-state index is 11.2. The Morgan fingerprint density at radius 1 is 1.40 bits per heavy atom. The first-order chi connectivity index (χ1) is 7.08. The highest BCUT2D eigenvalue weighted by atomic mass is 35.5. The van der Waals surface area contributed by atoms with Crippen LogP contribution in [0.15, 0.2) is 12.1 Å². The van der Waals surface area contributed by atoms with Gasteiger partial charge in [-0.2, -0.15) is 0 Å². The number of aryl methyl sites for hydroxylation is 1. The quantitative estimate of drug-likeness (QED) is 0.760. The van der Waals surface area contributed by atoms with Gasteiger partial charge < -0.3 is 0 Å². The lowest BCUT2D eigenvalue weighted by atomic mass is 10.3. The van der Waals surface area contributed by atoms with Crippen molar-refractivity contribution in [2.75, 3.05) is 0 Å². The molecule has 0 radical (unpaired) electrons. The number of hydrogen-bond donors (Lipinski definition) is 0. The predicted octanol–water partition coefficient (Wildman–Crippen LogP) is 4.04. The summed E-state index contributed by atoms with van der Waals surface area (Å²) in [6.45, 7) is 3.50. The minimum absolute atomic E-state index is 0.0111. The van der Waals surface area contributed by atoms with Gasteiger partial charge >= 0.3 is 0 Å². The summed E-state index contributed by atoms with van der Waals surface area (Å²) in [4.78, 5) is 17.6. The van der Waals surface area contributed by atoms with Crippen LogP contribution in [0.3, 0.4) is 0 Å². The molecule has 0 amide bonds. The van der Waals surface area contributed by atoms with Crippen molar-refractivity contribution in [1.82, 2.24) is 4.98 Å². The monoisotopic (exact) mass is 257 g/mol. The van der Waals surface area contributed by atoms with Crippen molar-refractivity contribution < 1.29 is 4.79 Å². The fourth-order valence-electron chi connectivity index (χ4n) is 1.22. The van der Waals surface area contributed by atoms with Crippen molar-refractivity contribution in [3.05, 3.63) is 26.4 Å². The van der Waals surface area contributed by atoms with Crippen molar-refractivity contribution >= 4 is 40.1 Å². The highest BCUT2D eigenvalue weighted by Gasteiger charge is 2.13. The van der Waals surface area contributed by atoms with Crippen LogP contribution < -0.4 is 0 Å². The third-order valence-corrected chi connectivity index (χ3v) is 4.21. The van der Waals surface area contributed by atoms with E-state index in [1.54, 1.807) is 0 Å². The summed E-state index contributed by atoms with van der Waals surface area (Å²) in [6, 6.07) is 3.77. The summed E-state index contributed by atoms with van der Waals surface area (Å²) in [5, 5.41) is 0.562. The molecule has 0 fully saturated rings. The number of rotatable bonds is 2. The topological polar surface area (TPSA) is 30.0 Å². The fraction of sp³-hybridized carbons (Fsp3) is 0.200. The van der Waals surface area contributed by atoms with Gasteiger partial charge in [-0.25, -0.2) is 4.98 Å². The van der Waals surface area contributed by atoms with Gasteiger partial charge in [0.25, 0.3) is 0 Å². The lowest BCUT2D eigenvalue weighted by Crippen LogP contribution is -1.89. The van der Waals surface area contributed by atoms with E-state index in [2.05, 4.69) is 4.98 Å². The zero-order chi connectivity index (χ0) is 11.0. The van der Waals surface area contributed by atoms with Crippen LogP contribution in [0.2, 0.25) is 4.34 Å². The second kappa shape index (κ2) is 4.04. The summed E-state index contributed by atoms with van der Waals surface area (Å²) in [7, 11) is 0. The Kier molecular flexibility index (Phi) is 2.91. The number of nitrogens with zero attached hydrogens (tertiary/aromatic N) is 1. The maximum Gasteiger partial charge on any atom is 0.188 e. The number of aromatic nitrogens is 1. The van der Waals surface area contributed by atoms with E-state index in [9.17, 15) is 4.79 Å². The molecule has 0 aliphatic heterocycles. The second-order valence-electron chi connectivity index (χ2n) is 3.08. The average Bonchev–Trinajstić information content (AvgIpc) is 2.71. The van der Waals surface area contributed by atoms with E-state index < -0.39 is 0 Å². The van der Waals surface area contributed by atoms with Crippen LogP contribution >= 0.6 is 34.3 Å². The predicted molar refractivity (Wildman–Crippen MR) is 65.2 cm³/mol. The zero-order valence-electron chi connectivity index (χ0n) is 8.20.